The summed E-state index contributed by atoms with van der Waals surface area (Å²) in [4.78, 5) is 0.864. The first-order chi connectivity index (χ1) is 9.24. The summed E-state index contributed by atoms with van der Waals surface area (Å²) in [5.74, 6) is 2.20. The van der Waals surface area contributed by atoms with Gasteiger partial charge < -0.3 is 10.1 Å². The highest BCUT2D eigenvalue weighted by Gasteiger charge is 2.32. The van der Waals surface area contributed by atoms with Crippen molar-refractivity contribution >= 4 is 10.8 Å². The lowest BCUT2D eigenvalue weighted by Gasteiger charge is -2.17. The summed E-state index contributed by atoms with van der Waals surface area (Å²) in [6.45, 7) is 3.17. The Labute approximate surface area is 118 Å². The van der Waals surface area contributed by atoms with E-state index in [-0.39, 0.29) is 0 Å². The third-order valence-corrected chi connectivity index (χ3v) is 4.92. The molecule has 1 saturated carbocycles. The summed E-state index contributed by atoms with van der Waals surface area (Å²) in [5, 5.41) is 3.54. The van der Waals surface area contributed by atoms with Gasteiger partial charge in [-0.3, -0.25) is 4.21 Å². The van der Waals surface area contributed by atoms with Crippen molar-refractivity contribution in [1.82, 2.24) is 5.32 Å². The molecular formula is C15H23NO2S. The van der Waals surface area contributed by atoms with Crippen molar-refractivity contribution in [2.45, 2.75) is 37.1 Å². The Morgan fingerprint density at radius 3 is 2.89 bits per heavy atom. The molecule has 0 amide bonds. The minimum Gasteiger partial charge on any atom is -0.497 e. The molecule has 0 bridgehead atoms. The molecule has 0 heterocycles. The molecule has 1 aliphatic rings. The standard InChI is InChI=1S/C15H23NO2S/c1-3-9-16-15(12-7-8-12)11-19(17)14-6-4-5-13(10-14)18-2/h4-6,10,12,15-16H,3,7-9,11H2,1-2H3. The van der Waals surface area contributed by atoms with Crippen LogP contribution in [0.5, 0.6) is 5.75 Å². The molecule has 106 valence electrons. The number of ether oxygens (including phenoxy) is 1. The summed E-state index contributed by atoms with van der Waals surface area (Å²) in [6.07, 6.45) is 3.67. The lowest BCUT2D eigenvalue weighted by atomic mass is 10.2. The van der Waals surface area contributed by atoms with E-state index < -0.39 is 10.8 Å². The Morgan fingerprint density at radius 2 is 2.26 bits per heavy atom. The molecule has 1 N–H and O–H groups in total. The third-order valence-electron chi connectivity index (χ3n) is 3.48. The summed E-state index contributed by atoms with van der Waals surface area (Å²) in [6, 6.07) is 7.97. The van der Waals surface area contributed by atoms with Gasteiger partial charge in [-0.05, 0) is 49.9 Å². The van der Waals surface area contributed by atoms with Crippen LogP contribution < -0.4 is 10.1 Å². The van der Waals surface area contributed by atoms with Gasteiger partial charge in [-0.1, -0.05) is 13.0 Å². The molecule has 1 aromatic rings. The lowest BCUT2D eigenvalue weighted by molar-refractivity contribution is 0.413. The fourth-order valence-corrected chi connectivity index (χ4v) is 3.58. The second kappa shape index (κ2) is 7.06. The van der Waals surface area contributed by atoms with Crippen LogP contribution in [0.25, 0.3) is 0 Å². The van der Waals surface area contributed by atoms with E-state index in [9.17, 15) is 4.21 Å². The largest absolute Gasteiger partial charge is 0.497 e. The molecular weight excluding hydrogens is 258 g/mol. The Balaban J connectivity index is 1.97. The number of hydrogen-bond acceptors (Lipinski definition) is 3. The Bertz CT molecular complexity index is 432. The van der Waals surface area contributed by atoms with E-state index in [2.05, 4.69) is 12.2 Å². The van der Waals surface area contributed by atoms with Crippen molar-refractivity contribution in [1.29, 1.82) is 0 Å². The van der Waals surface area contributed by atoms with Gasteiger partial charge in [0.2, 0.25) is 0 Å². The van der Waals surface area contributed by atoms with Gasteiger partial charge in [0, 0.05) is 16.7 Å². The molecule has 1 aromatic carbocycles. The van der Waals surface area contributed by atoms with Gasteiger partial charge in [-0.2, -0.15) is 0 Å². The molecule has 4 heteroatoms. The Kier molecular flexibility index (Phi) is 5.40. The molecule has 2 unspecified atom stereocenters. The maximum absolute atomic E-state index is 12.4. The zero-order valence-electron chi connectivity index (χ0n) is 11.7. The van der Waals surface area contributed by atoms with Crippen LogP contribution >= 0.6 is 0 Å². The van der Waals surface area contributed by atoms with Crippen molar-refractivity contribution in [2.24, 2.45) is 5.92 Å². The van der Waals surface area contributed by atoms with Crippen LogP contribution in [0.2, 0.25) is 0 Å². The van der Waals surface area contributed by atoms with Crippen molar-refractivity contribution in [3.8, 4) is 5.75 Å². The third kappa shape index (κ3) is 4.32. The molecule has 0 aliphatic heterocycles. The second-order valence-electron chi connectivity index (χ2n) is 5.09. The highest BCUT2D eigenvalue weighted by molar-refractivity contribution is 7.85. The fraction of sp³-hybridized carbons (Fsp3) is 0.600. The van der Waals surface area contributed by atoms with Crippen LogP contribution in [-0.4, -0.2) is 29.7 Å². The van der Waals surface area contributed by atoms with Gasteiger partial charge in [0.15, 0.2) is 0 Å². The van der Waals surface area contributed by atoms with Gasteiger partial charge in [0.25, 0.3) is 0 Å². The second-order valence-corrected chi connectivity index (χ2v) is 6.59. The van der Waals surface area contributed by atoms with Crippen LogP contribution in [0, 0.1) is 5.92 Å². The molecule has 0 spiro atoms. The number of hydrogen-bond donors (Lipinski definition) is 1. The van der Waals surface area contributed by atoms with Crippen LogP contribution in [-0.2, 0) is 10.8 Å². The Morgan fingerprint density at radius 1 is 1.47 bits per heavy atom. The maximum atomic E-state index is 12.4. The number of rotatable bonds is 8. The highest BCUT2D eigenvalue weighted by Crippen LogP contribution is 2.33. The Hall–Kier alpha value is -0.870. The van der Waals surface area contributed by atoms with Crippen LogP contribution in [0.4, 0.5) is 0 Å². The smallest absolute Gasteiger partial charge is 0.120 e. The molecule has 2 atom stereocenters. The molecule has 3 nitrogen and oxygen atoms in total. The van der Waals surface area contributed by atoms with Crippen LogP contribution in [0.3, 0.4) is 0 Å². The predicted octanol–water partition coefficient (Wildman–Crippen LogP) is 2.58. The molecule has 0 saturated heterocycles. The van der Waals surface area contributed by atoms with Crippen molar-refractivity contribution in [3.05, 3.63) is 24.3 Å². The average molecular weight is 281 g/mol. The molecule has 0 aromatic heterocycles. The molecule has 0 radical (unpaired) electrons. The van der Waals surface area contributed by atoms with Gasteiger partial charge in [0.05, 0.1) is 17.9 Å². The van der Waals surface area contributed by atoms with Gasteiger partial charge >= 0.3 is 0 Å². The first-order valence-corrected chi connectivity index (χ1v) is 8.32. The van der Waals surface area contributed by atoms with Crippen molar-refractivity contribution in [2.75, 3.05) is 19.4 Å². The van der Waals surface area contributed by atoms with E-state index >= 15 is 0 Å². The molecule has 19 heavy (non-hydrogen) atoms. The van der Waals surface area contributed by atoms with Gasteiger partial charge in [-0.25, -0.2) is 0 Å². The first kappa shape index (κ1) is 14.5. The van der Waals surface area contributed by atoms with Gasteiger partial charge in [-0.15, -0.1) is 0 Å². The number of benzene rings is 1. The van der Waals surface area contributed by atoms with E-state index in [0.717, 1.165) is 29.5 Å². The van der Waals surface area contributed by atoms with Gasteiger partial charge in [0.1, 0.15) is 5.75 Å². The zero-order chi connectivity index (χ0) is 13.7. The topological polar surface area (TPSA) is 38.3 Å². The predicted molar refractivity (Wildman–Crippen MR) is 79.1 cm³/mol. The van der Waals surface area contributed by atoms with Crippen LogP contribution in [0.1, 0.15) is 26.2 Å². The maximum Gasteiger partial charge on any atom is 0.120 e. The first-order valence-electron chi connectivity index (χ1n) is 7.00. The van der Waals surface area contributed by atoms with E-state index in [0.29, 0.717) is 11.8 Å². The average Bonchev–Trinajstić information content (AvgIpc) is 3.27. The fourth-order valence-electron chi connectivity index (χ4n) is 2.19. The number of nitrogens with one attached hydrogen (secondary N) is 1. The minimum absolute atomic E-state index is 0.395. The van der Waals surface area contributed by atoms with E-state index in [4.69, 9.17) is 4.74 Å². The summed E-state index contributed by atoms with van der Waals surface area (Å²) < 4.78 is 17.6. The van der Waals surface area contributed by atoms with Crippen LogP contribution in [0.15, 0.2) is 29.2 Å². The molecule has 1 aliphatic carbocycles. The minimum atomic E-state index is -0.952. The quantitative estimate of drug-likeness (QED) is 0.796. The van der Waals surface area contributed by atoms with Crippen molar-refractivity contribution < 1.29 is 8.95 Å². The lowest BCUT2D eigenvalue weighted by Crippen LogP contribution is -2.36. The molecule has 2 rings (SSSR count). The van der Waals surface area contributed by atoms with E-state index in [1.54, 1.807) is 7.11 Å². The normalized spacial score (nSPS) is 18.0. The molecule has 1 fully saturated rings. The van der Waals surface area contributed by atoms with E-state index in [1.165, 1.54) is 12.8 Å². The van der Waals surface area contributed by atoms with E-state index in [1.807, 2.05) is 24.3 Å². The summed E-state index contributed by atoms with van der Waals surface area (Å²) >= 11 is 0. The number of methoxy groups -OCH3 is 1. The summed E-state index contributed by atoms with van der Waals surface area (Å²) in [7, 11) is 0.685. The highest BCUT2D eigenvalue weighted by atomic mass is 32.2. The summed E-state index contributed by atoms with van der Waals surface area (Å²) in [5.41, 5.74) is 0. The monoisotopic (exact) mass is 281 g/mol. The van der Waals surface area contributed by atoms with Crippen molar-refractivity contribution in [3.63, 3.8) is 0 Å². The zero-order valence-corrected chi connectivity index (χ0v) is 12.5. The SMILES string of the molecule is CCCNC(CS(=O)c1cccc(OC)c1)C1CC1.